The number of nitrogens with zero attached hydrogens (tertiary/aromatic N) is 5. The van der Waals surface area contributed by atoms with Crippen molar-refractivity contribution in [3.8, 4) is 23.1 Å². The van der Waals surface area contributed by atoms with Crippen LogP contribution in [-0.2, 0) is 6.54 Å². The van der Waals surface area contributed by atoms with Gasteiger partial charge in [-0.1, -0.05) is 6.07 Å². The van der Waals surface area contributed by atoms with Crippen LogP contribution in [0.25, 0.3) is 11.3 Å². The molecule has 0 spiro atoms. The number of hydrogen-bond acceptors (Lipinski definition) is 8. The largest absolute Gasteiger partial charge is 0.497 e. The van der Waals surface area contributed by atoms with E-state index in [1.165, 1.54) is 0 Å². The molecule has 0 bridgehead atoms. The zero-order valence-corrected chi connectivity index (χ0v) is 18.1. The number of aromatic nitrogens is 3. The minimum atomic E-state index is -0.487. The van der Waals surface area contributed by atoms with Crippen LogP contribution in [0.2, 0.25) is 0 Å². The molecule has 0 radical (unpaired) electrons. The van der Waals surface area contributed by atoms with E-state index in [1.807, 2.05) is 24.4 Å². The van der Waals surface area contributed by atoms with Crippen molar-refractivity contribution in [3.63, 3.8) is 0 Å². The summed E-state index contributed by atoms with van der Waals surface area (Å²) in [6.07, 6.45) is 1.83. The van der Waals surface area contributed by atoms with Crippen LogP contribution in [0.4, 0.5) is 11.8 Å². The van der Waals surface area contributed by atoms with E-state index in [-0.39, 0.29) is 5.56 Å². The molecule has 0 saturated carbocycles. The Morgan fingerprint density at radius 1 is 1.16 bits per heavy atom. The molecule has 0 aliphatic carbocycles. The number of hydrogen-bond donors (Lipinski definition) is 2. The van der Waals surface area contributed by atoms with Crippen molar-refractivity contribution >= 4 is 11.8 Å². The van der Waals surface area contributed by atoms with Gasteiger partial charge in [-0.15, -0.1) is 0 Å². The number of methoxy groups -OCH3 is 1. The van der Waals surface area contributed by atoms with Crippen LogP contribution >= 0.6 is 0 Å². The van der Waals surface area contributed by atoms with Gasteiger partial charge in [0, 0.05) is 44.5 Å². The van der Waals surface area contributed by atoms with E-state index in [9.17, 15) is 10.1 Å². The Balaban J connectivity index is 1.49. The minimum absolute atomic E-state index is 0.0288. The molecule has 9 nitrogen and oxygen atoms in total. The minimum Gasteiger partial charge on any atom is -0.497 e. The SMILES string of the molecule is COc1ccc(-c2nc(NCc3ccc(N4CCN(C)CC4)nc3)[nH]c(=O)c2C#N)cc1. The lowest BCUT2D eigenvalue weighted by Gasteiger charge is -2.33. The Hall–Kier alpha value is -3.90. The molecule has 32 heavy (non-hydrogen) atoms. The van der Waals surface area contributed by atoms with Crippen molar-refractivity contribution < 1.29 is 4.74 Å². The number of aromatic amines is 1. The number of anilines is 2. The first-order valence-corrected chi connectivity index (χ1v) is 10.4. The Morgan fingerprint density at radius 2 is 1.91 bits per heavy atom. The third kappa shape index (κ3) is 4.71. The van der Waals surface area contributed by atoms with Gasteiger partial charge < -0.3 is 19.9 Å². The van der Waals surface area contributed by atoms with Crippen molar-refractivity contribution in [2.24, 2.45) is 0 Å². The monoisotopic (exact) mass is 431 g/mol. The van der Waals surface area contributed by atoms with Gasteiger partial charge >= 0.3 is 0 Å². The van der Waals surface area contributed by atoms with Crippen LogP contribution in [0, 0.1) is 11.3 Å². The van der Waals surface area contributed by atoms with E-state index in [0.717, 1.165) is 37.6 Å². The van der Waals surface area contributed by atoms with E-state index >= 15 is 0 Å². The predicted molar refractivity (Wildman–Crippen MR) is 123 cm³/mol. The van der Waals surface area contributed by atoms with Crippen LogP contribution in [0.1, 0.15) is 11.1 Å². The summed E-state index contributed by atoms with van der Waals surface area (Å²) in [5.74, 6) is 1.94. The zero-order chi connectivity index (χ0) is 22.5. The highest BCUT2D eigenvalue weighted by Crippen LogP contribution is 2.23. The van der Waals surface area contributed by atoms with E-state index in [2.05, 4.69) is 37.1 Å². The summed E-state index contributed by atoms with van der Waals surface area (Å²) in [7, 11) is 3.71. The summed E-state index contributed by atoms with van der Waals surface area (Å²) in [5, 5.41) is 12.6. The second-order valence-corrected chi connectivity index (χ2v) is 7.65. The van der Waals surface area contributed by atoms with Gasteiger partial charge in [0.05, 0.1) is 12.8 Å². The first-order chi connectivity index (χ1) is 15.6. The van der Waals surface area contributed by atoms with Crippen LogP contribution in [0.5, 0.6) is 5.75 Å². The normalized spacial score (nSPS) is 14.1. The fourth-order valence-electron chi connectivity index (χ4n) is 3.55. The summed E-state index contributed by atoms with van der Waals surface area (Å²) in [6, 6.07) is 13.0. The molecule has 1 aliphatic rings. The molecule has 1 aromatic carbocycles. The summed E-state index contributed by atoms with van der Waals surface area (Å²) in [4.78, 5) is 28.7. The molecule has 3 heterocycles. The number of likely N-dealkylation sites (N-methyl/N-ethyl adjacent to an activating group) is 1. The maximum atomic E-state index is 12.4. The molecule has 0 atom stereocenters. The zero-order valence-electron chi connectivity index (χ0n) is 18.1. The van der Waals surface area contributed by atoms with E-state index in [1.54, 1.807) is 31.4 Å². The maximum Gasteiger partial charge on any atom is 0.270 e. The van der Waals surface area contributed by atoms with E-state index in [0.29, 0.717) is 29.5 Å². The standard InChI is InChI=1S/C23H25N7O2/c1-29-9-11-30(12-10-29)20-8-3-16(14-25-20)15-26-23-27-21(19(13-24)22(31)28-23)17-4-6-18(32-2)7-5-17/h3-8,14H,9-12,15H2,1-2H3,(H2,26,27,28,31). The van der Waals surface area contributed by atoms with Gasteiger partial charge in [0.2, 0.25) is 5.95 Å². The first-order valence-electron chi connectivity index (χ1n) is 10.4. The number of benzene rings is 1. The molecule has 3 aromatic rings. The van der Waals surface area contributed by atoms with Crippen molar-refractivity contribution in [3.05, 3.63) is 64.1 Å². The molecule has 0 unspecified atom stereocenters. The lowest BCUT2D eigenvalue weighted by atomic mass is 10.1. The van der Waals surface area contributed by atoms with Crippen LogP contribution in [0.3, 0.4) is 0 Å². The average Bonchev–Trinajstić information content (AvgIpc) is 2.83. The molecular weight excluding hydrogens is 406 g/mol. The number of nitrogens with one attached hydrogen (secondary N) is 2. The van der Waals surface area contributed by atoms with Gasteiger partial charge in [-0.25, -0.2) is 9.97 Å². The number of ether oxygens (including phenoxy) is 1. The van der Waals surface area contributed by atoms with Crippen molar-refractivity contribution in [1.29, 1.82) is 5.26 Å². The van der Waals surface area contributed by atoms with Crippen LogP contribution < -0.4 is 20.5 Å². The second-order valence-electron chi connectivity index (χ2n) is 7.65. The molecule has 1 fully saturated rings. The molecule has 2 aromatic heterocycles. The summed E-state index contributed by atoms with van der Waals surface area (Å²) < 4.78 is 5.17. The van der Waals surface area contributed by atoms with Crippen molar-refractivity contribution in [1.82, 2.24) is 19.9 Å². The van der Waals surface area contributed by atoms with Gasteiger partial charge in [-0.2, -0.15) is 5.26 Å². The molecule has 0 amide bonds. The third-order valence-electron chi connectivity index (χ3n) is 5.49. The fourth-order valence-corrected chi connectivity index (χ4v) is 3.55. The predicted octanol–water partition coefficient (Wildman–Crippen LogP) is 2.08. The highest BCUT2D eigenvalue weighted by atomic mass is 16.5. The molecule has 164 valence electrons. The van der Waals surface area contributed by atoms with Gasteiger partial charge in [0.15, 0.2) is 0 Å². The number of pyridine rings is 1. The molecule has 1 saturated heterocycles. The number of nitriles is 1. The van der Waals surface area contributed by atoms with Crippen LogP contribution in [-0.4, -0.2) is 60.2 Å². The highest BCUT2D eigenvalue weighted by molar-refractivity contribution is 5.67. The quantitative estimate of drug-likeness (QED) is 0.610. The smallest absolute Gasteiger partial charge is 0.270 e. The maximum absolute atomic E-state index is 12.4. The number of piperazine rings is 1. The van der Waals surface area contributed by atoms with E-state index < -0.39 is 5.56 Å². The molecule has 2 N–H and O–H groups in total. The highest BCUT2D eigenvalue weighted by Gasteiger charge is 2.16. The van der Waals surface area contributed by atoms with Gasteiger partial charge in [-0.3, -0.25) is 9.78 Å². The van der Waals surface area contributed by atoms with Crippen molar-refractivity contribution in [2.45, 2.75) is 6.54 Å². The Bertz CT molecular complexity index is 1160. The second kappa shape index (κ2) is 9.49. The lowest BCUT2D eigenvalue weighted by Crippen LogP contribution is -2.44. The number of H-pyrrole nitrogens is 1. The first kappa shape index (κ1) is 21.3. The Labute approximate surface area is 186 Å². The fraction of sp³-hybridized carbons (Fsp3) is 0.304. The van der Waals surface area contributed by atoms with Gasteiger partial charge in [-0.05, 0) is 42.9 Å². The van der Waals surface area contributed by atoms with Gasteiger partial charge in [0.25, 0.3) is 5.56 Å². The molecule has 4 rings (SSSR count). The molecular formula is C23H25N7O2. The molecule has 1 aliphatic heterocycles. The summed E-state index contributed by atoms with van der Waals surface area (Å²) in [5.41, 5.74) is 1.43. The topological polar surface area (TPSA) is 110 Å². The van der Waals surface area contributed by atoms with Crippen molar-refractivity contribution in [2.75, 3.05) is 50.6 Å². The Morgan fingerprint density at radius 3 is 2.53 bits per heavy atom. The van der Waals surface area contributed by atoms with Gasteiger partial charge in [0.1, 0.15) is 23.2 Å². The Kier molecular flexibility index (Phi) is 6.33. The number of rotatable bonds is 6. The summed E-state index contributed by atoms with van der Waals surface area (Å²) in [6.45, 7) is 4.42. The lowest BCUT2D eigenvalue weighted by molar-refractivity contribution is 0.312. The average molecular weight is 432 g/mol. The molecule has 9 heteroatoms. The summed E-state index contributed by atoms with van der Waals surface area (Å²) >= 11 is 0. The third-order valence-corrected chi connectivity index (χ3v) is 5.49. The van der Waals surface area contributed by atoms with E-state index in [4.69, 9.17) is 4.74 Å². The van der Waals surface area contributed by atoms with Crippen LogP contribution in [0.15, 0.2) is 47.4 Å².